The molecule has 0 aliphatic carbocycles. The van der Waals surface area contributed by atoms with Gasteiger partial charge in [-0.3, -0.25) is 4.79 Å². The van der Waals surface area contributed by atoms with Crippen LogP contribution in [0.3, 0.4) is 0 Å². The van der Waals surface area contributed by atoms with Crippen LogP contribution in [0.25, 0.3) is 0 Å². The molecule has 0 aliphatic rings. The number of hydrogen-bond donors (Lipinski definition) is 1. The van der Waals surface area contributed by atoms with Crippen LogP contribution in [0.5, 0.6) is 11.5 Å². The van der Waals surface area contributed by atoms with Crippen molar-refractivity contribution in [1.29, 1.82) is 0 Å². The second kappa shape index (κ2) is 5.07. The molecule has 0 saturated heterocycles. The van der Waals surface area contributed by atoms with Gasteiger partial charge < -0.3 is 14.6 Å². The van der Waals surface area contributed by atoms with Crippen LogP contribution in [0.1, 0.15) is 11.1 Å². The number of carbonyl (C=O) groups is 1. The first kappa shape index (κ1) is 12.6. The van der Waals surface area contributed by atoms with Crippen molar-refractivity contribution < 1.29 is 19.4 Å². The Morgan fingerprint density at radius 2 is 2.06 bits per heavy atom. The second-order valence-electron chi connectivity index (χ2n) is 3.28. The Morgan fingerprint density at radius 3 is 2.50 bits per heavy atom. The van der Waals surface area contributed by atoms with E-state index < -0.39 is 5.97 Å². The molecule has 88 valence electrons. The van der Waals surface area contributed by atoms with Gasteiger partial charge in [0.25, 0.3) is 0 Å². The molecule has 0 fully saturated rings. The van der Waals surface area contributed by atoms with Crippen molar-refractivity contribution in [1.82, 2.24) is 0 Å². The molecule has 0 amide bonds. The zero-order valence-corrected chi connectivity index (χ0v) is 10.1. The first-order valence-electron chi connectivity index (χ1n) is 4.63. The van der Waals surface area contributed by atoms with E-state index in [2.05, 4.69) is 0 Å². The zero-order chi connectivity index (χ0) is 12.3. The molecule has 0 aliphatic heterocycles. The molecule has 0 bridgehead atoms. The van der Waals surface area contributed by atoms with Crippen LogP contribution >= 0.6 is 11.6 Å². The molecule has 1 aromatic carbocycles. The van der Waals surface area contributed by atoms with Crippen molar-refractivity contribution in [3.63, 3.8) is 0 Å². The van der Waals surface area contributed by atoms with Crippen molar-refractivity contribution in [3.05, 3.63) is 22.2 Å². The molecule has 5 heteroatoms. The molecule has 4 nitrogen and oxygen atoms in total. The van der Waals surface area contributed by atoms with Crippen LogP contribution in [0.2, 0.25) is 5.02 Å². The van der Waals surface area contributed by atoms with Gasteiger partial charge in [0.2, 0.25) is 0 Å². The van der Waals surface area contributed by atoms with Gasteiger partial charge in [-0.1, -0.05) is 11.6 Å². The molecule has 0 atom stereocenters. The maximum Gasteiger partial charge on any atom is 0.307 e. The van der Waals surface area contributed by atoms with Gasteiger partial charge in [0.05, 0.1) is 25.7 Å². The Labute approximate surface area is 98.7 Å². The average Bonchev–Trinajstić information content (AvgIpc) is 2.23. The average molecular weight is 245 g/mol. The highest BCUT2D eigenvalue weighted by molar-refractivity contribution is 6.33. The van der Waals surface area contributed by atoms with E-state index >= 15 is 0 Å². The lowest BCUT2D eigenvalue weighted by Crippen LogP contribution is -2.04. The van der Waals surface area contributed by atoms with Crippen molar-refractivity contribution in [2.75, 3.05) is 14.2 Å². The van der Waals surface area contributed by atoms with Crippen LogP contribution in [0.15, 0.2) is 6.07 Å². The number of carboxylic acid groups (broad SMARTS) is 1. The Balaban J connectivity index is 3.34. The lowest BCUT2D eigenvalue weighted by molar-refractivity contribution is -0.136. The van der Waals surface area contributed by atoms with E-state index in [0.29, 0.717) is 22.1 Å². The van der Waals surface area contributed by atoms with E-state index in [9.17, 15) is 4.79 Å². The predicted molar refractivity (Wildman–Crippen MR) is 60.6 cm³/mol. The quantitative estimate of drug-likeness (QED) is 0.883. The zero-order valence-electron chi connectivity index (χ0n) is 9.33. The fraction of sp³-hybridized carbons (Fsp3) is 0.364. The SMILES string of the molecule is COc1cc(CC(=O)O)c(OC)c(Cl)c1C. The normalized spacial score (nSPS) is 10.0. The number of aliphatic carboxylic acids is 1. The predicted octanol–water partition coefficient (Wildman–Crippen LogP) is 2.29. The minimum Gasteiger partial charge on any atom is -0.496 e. The van der Waals surface area contributed by atoms with E-state index in [0.717, 1.165) is 5.56 Å². The van der Waals surface area contributed by atoms with Crippen molar-refractivity contribution in [2.45, 2.75) is 13.3 Å². The summed E-state index contributed by atoms with van der Waals surface area (Å²) in [6.45, 7) is 1.79. The van der Waals surface area contributed by atoms with E-state index in [-0.39, 0.29) is 6.42 Å². The van der Waals surface area contributed by atoms with Crippen molar-refractivity contribution in [2.24, 2.45) is 0 Å². The molecule has 0 spiro atoms. The molecular weight excluding hydrogens is 232 g/mol. The molecule has 0 heterocycles. The Morgan fingerprint density at radius 1 is 1.44 bits per heavy atom. The smallest absolute Gasteiger partial charge is 0.307 e. The van der Waals surface area contributed by atoms with E-state index in [1.54, 1.807) is 13.0 Å². The maximum atomic E-state index is 10.7. The fourth-order valence-electron chi connectivity index (χ4n) is 1.48. The van der Waals surface area contributed by atoms with Crippen LogP contribution in [0.4, 0.5) is 0 Å². The van der Waals surface area contributed by atoms with Crippen molar-refractivity contribution >= 4 is 17.6 Å². The number of ether oxygens (including phenoxy) is 2. The monoisotopic (exact) mass is 244 g/mol. The summed E-state index contributed by atoms with van der Waals surface area (Å²) in [6, 6.07) is 1.63. The minimum atomic E-state index is -0.944. The van der Waals surface area contributed by atoms with E-state index in [1.165, 1.54) is 14.2 Å². The Bertz CT molecular complexity index is 415. The molecule has 0 unspecified atom stereocenters. The summed E-state index contributed by atoms with van der Waals surface area (Å²) in [4.78, 5) is 10.7. The number of methoxy groups -OCH3 is 2. The largest absolute Gasteiger partial charge is 0.496 e. The highest BCUT2D eigenvalue weighted by atomic mass is 35.5. The van der Waals surface area contributed by atoms with Crippen LogP contribution in [0, 0.1) is 6.92 Å². The number of hydrogen-bond acceptors (Lipinski definition) is 3. The van der Waals surface area contributed by atoms with Crippen LogP contribution in [-0.2, 0) is 11.2 Å². The number of rotatable bonds is 4. The molecule has 0 saturated carbocycles. The topological polar surface area (TPSA) is 55.8 Å². The third-order valence-corrected chi connectivity index (χ3v) is 2.72. The summed E-state index contributed by atoms with van der Waals surface area (Å²) in [5.41, 5.74) is 1.23. The first-order chi connectivity index (χ1) is 7.51. The van der Waals surface area contributed by atoms with Gasteiger partial charge >= 0.3 is 5.97 Å². The van der Waals surface area contributed by atoms with E-state index in [1.807, 2.05) is 0 Å². The van der Waals surface area contributed by atoms with Gasteiger partial charge in [-0.05, 0) is 13.0 Å². The van der Waals surface area contributed by atoms with Gasteiger partial charge in [-0.15, -0.1) is 0 Å². The molecule has 16 heavy (non-hydrogen) atoms. The molecule has 1 N–H and O–H groups in total. The highest BCUT2D eigenvalue weighted by Crippen LogP contribution is 2.37. The van der Waals surface area contributed by atoms with Gasteiger partial charge in [0.1, 0.15) is 11.5 Å². The fourth-order valence-corrected chi connectivity index (χ4v) is 1.77. The maximum absolute atomic E-state index is 10.7. The number of halogens is 1. The number of carboxylic acids is 1. The summed E-state index contributed by atoms with van der Waals surface area (Å²) in [5, 5.41) is 9.16. The Hall–Kier alpha value is -1.42. The summed E-state index contributed by atoms with van der Waals surface area (Å²) in [7, 11) is 2.97. The third kappa shape index (κ3) is 2.39. The van der Waals surface area contributed by atoms with E-state index in [4.69, 9.17) is 26.2 Å². The molecule has 0 radical (unpaired) electrons. The van der Waals surface area contributed by atoms with Gasteiger partial charge in [-0.2, -0.15) is 0 Å². The van der Waals surface area contributed by atoms with Gasteiger partial charge in [0, 0.05) is 11.1 Å². The second-order valence-corrected chi connectivity index (χ2v) is 3.66. The number of benzene rings is 1. The molecular formula is C11H13ClO4. The summed E-state index contributed by atoms with van der Waals surface area (Å²) >= 11 is 6.07. The third-order valence-electron chi connectivity index (χ3n) is 2.26. The Kier molecular flexibility index (Phi) is 4.01. The lowest BCUT2D eigenvalue weighted by Gasteiger charge is -2.14. The molecule has 0 aromatic heterocycles. The van der Waals surface area contributed by atoms with Crippen LogP contribution in [-0.4, -0.2) is 25.3 Å². The van der Waals surface area contributed by atoms with Crippen LogP contribution < -0.4 is 9.47 Å². The summed E-state index contributed by atoms with van der Waals surface area (Å²) in [5.74, 6) is 0.00434. The molecule has 1 rings (SSSR count). The summed E-state index contributed by atoms with van der Waals surface area (Å²) < 4.78 is 10.2. The molecule has 1 aromatic rings. The highest BCUT2D eigenvalue weighted by Gasteiger charge is 2.17. The summed E-state index contributed by atoms with van der Waals surface area (Å²) in [6.07, 6.45) is -0.153. The lowest BCUT2D eigenvalue weighted by atomic mass is 10.1. The van der Waals surface area contributed by atoms with Gasteiger partial charge in [0.15, 0.2) is 0 Å². The minimum absolute atomic E-state index is 0.153. The van der Waals surface area contributed by atoms with Crippen molar-refractivity contribution in [3.8, 4) is 11.5 Å². The van der Waals surface area contributed by atoms with Gasteiger partial charge in [-0.25, -0.2) is 0 Å². The first-order valence-corrected chi connectivity index (χ1v) is 5.00. The standard InChI is InChI=1S/C11H13ClO4/c1-6-8(15-2)4-7(5-9(13)14)11(16-3)10(6)12/h4H,5H2,1-3H3,(H,13,14).